The van der Waals surface area contributed by atoms with Crippen molar-refractivity contribution in [3.63, 3.8) is 0 Å². The van der Waals surface area contributed by atoms with E-state index >= 15 is 0 Å². The molecule has 0 spiro atoms. The molecule has 0 aromatic heterocycles. The molecule has 2 aromatic carbocycles. The van der Waals surface area contributed by atoms with Gasteiger partial charge in [-0.2, -0.15) is 11.8 Å². The molecule has 90 valence electrons. The average Bonchev–Trinajstić information content (AvgIpc) is 2.32. The molecule has 0 heterocycles. The lowest BCUT2D eigenvalue weighted by Gasteiger charge is -2.02. The predicted molar refractivity (Wildman–Crippen MR) is 70.2 cm³/mol. The summed E-state index contributed by atoms with van der Waals surface area (Å²) >= 11 is 0. The van der Waals surface area contributed by atoms with E-state index in [0.717, 1.165) is 22.5 Å². The van der Waals surface area contributed by atoms with E-state index in [0.29, 0.717) is 0 Å². The standard InChI is InChI=1S/C12H12N2.H4N2O/c13-11-5-1-9(2-6-11)10-3-7-12(14)8-4-10;1-3-2/h1-8H,13-14H2;1-2H2. The Morgan fingerprint density at radius 2 is 0.824 bits per heavy atom. The molecule has 0 unspecified atom stereocenters. The lowest BCUT2D eigenvalue weighted by Crippen LogP contribution is -2.03. The van der Waals surface area contributed by atoms with Crippen LogP contribution in [0.25, 0.3) is 11.1 Å². The Kier molecular flexibility index (Phi) is 4.96. The van der Waals surface area contributed by atoms with Crippen molar-refractivity contribution in [2.75, 3.05) is 11.5 Å². The summed E-state index contributed by atoms with van der Waals surface area (Å²) in [7, 11) is 0. The van der Waals surface area contributed by atoms with Crippen molar-refractivity contribution in [3.8, 4) is 11.1 Å². The number of hydrogen-bond acceptors (Lipinski definition) is 5. The summed E-state index contributed by atoms with van der Waals surface area (Å²) in [6.07, 6.45) is 0. The van der Waals surface area contributed by atoms with Gasteiger partial charge in [-0.1, -0.05) is 24.3 Å². The second-order valence-corrected chi connectivity index (χ2v) is 3.38. The minimum Gasteiger partial charge on any atom is -0.399 e. The lowest BCUT2D eigenvalue weighted by molar-refractivity contribution is 0.142. The van der Waals surface area contributed by atoms with Crippen molar-refractivity contribution < 1.29 is 4.94 Å². The number of anilines is 2. The van der Waals surface area contributed by atoms with Crippen LogP contribution < -0.4 is 23.3 Å². The molecule has 0 aliphatic carbocycles. The van der Waals surface area contributed by atoms with E-state index in [4.69, 9.17) is 11.5 Å². The van der Waals surface area contributed by atoms with E-state index in [1.807, 2.05) is 48.5 Å². The molecule has 8 N–H and O–H groups in total. The first-order chi connectivity index (χ1) is 8.17. The molecule has 0 fully saturated rings. The van der Waals surface area contributed by atoms with Crippen LogP contribution in [0.5, 0.6) is 0 Å². The molecular formula is C12H16N4O. The number of rotatable bonds is 1. The first kappa shape index (κ1) is 13.0. The van der Waals surface area contributed by atoms with Crippen LogP contribution in [0.1, 0.15) is 0 Å². The molecule has 0 aliphatic rings. The molecule has 2 aromatic rings. The van der Waals surface area contributed by atoms with E-state index < -0.39 is 0 Å². The van der Waals surface area contributed by atoms with Crippen LogP contribution in [0.2, 0.25) is 0 Å². The SMILES string of the molecule is NON.Nc1ccc(-c2ccc(N)cc2)cc1. The van der Waals surface area contributed by atoms with Gasteiger partial charge in [-0.3, -0.25) is 0 Å². The monoisotopic (exact) mass is 232 g/mol. The topological polar surface area (TPSA) is 113 Å². The molecule has 0 radical (unpaired) electrons. The van der Waals surface area contributed by atoms with Crippen molar-refractivity contribution >= 4 is 11.4 Å². The van der Waals surface area contributed by atoms with Crippen LogP contribution in [0.4, 0.5) is 11.4 Å². The molecule has 0 saturated heterocycles. The van der Waals surface area contributed by atoms with Gasteiger partial charge in [0.2, 0.25) is 0 Å². The molecule has 0 amide bonds. The number of nitrogen functional groups attached to an aromatic ring is 2. The van der Waals surface area contributed by atoms with Crippen molar-refractivity contribution in [2.45, 2.75) is 0 Å². The van der Waals surface area contributed by atoms with Crippen LogP contribution in [-0.2, 0) is 4.94 Å². The summed E-state index contributed by atoms with van der Waals surface area (Å²) in [6, 6.07) is 15.6. The highest BCUT2D eigenvalue weighted by molar-refractivity contribution is 5.67. The highest BCUT2D eigenvalue weighted by Gasteiger charge is 1.95. The van der Waals surface area contributed by atoms with Crippen LogP contribution >= 0.6 is 0 Å². The van der Waals surface area contributed by atoms with E-state index in [1.54, 1.807) is 0 Å². The molecule has 0 bridgehead atoms. The fourth-order valence-corrected chi connectivity index (χ4v) is 1.35. The minimum absolute atomic E-state index is 0.782. The largest absolute Gasteiger partial charge is 0.399 e. The van der Waals surface area contributed by atoms with Gasteiger partial charge in [0.25, 0.3) is 0 Å². The minimum atomic E-state index is 0.782. The molecule has 0 saturated carbocycles. The molecule has 0 aliphatic heterocycles. The Balaban J connectivity index is 0.000000437. The summed E-state index contributed by atoms with van der Waals surface area (Å²) in [5, 5.41) is 0. The fourth-order valence-electron chi connectivity index (χ4n) is 1.35. The highest BCUT2D eigenvalue weighted by atomic mass is 16.7. The van der Waals surface area contributed by atoms with Crippen molar-refractivity contribution in [1.29, 1.82) is 0 Å². The number of nitrogens with two attached hydrogens (primary N) is 4. The summed E-state index contributed by atoms with van der Waals surface area (Å²) in [5.41, 5.74) is 15.1. The maximum atomic E-state index is 5.61. The van der Waals surface area contributed by atoms with E-state index in [-0.39, 0.29) is 0 Å². The van der Waals surface area contributed by atoms with Gasteiger partial charge >= 0.3 is 0 Å². The normalized spacial score (nSPS) is 9.29. The van der Waals surface area contributed by atoms with Crippen LogP contribution in [-0.4, -0.2) is 0 Å². The summed E-state index contributed by atoms with van der Waals surface area (Å²) in [6.45, 7) is 0. The van der Waals surface area contributed by atoms with Crippen molar-refractivity contribution in [2.24, 2.45) is 11.8 Å². The number of benzene rings is 2. The van der Waals surface area contributed by atoms with Crippen molar-refractivity contribution in [1.82, 2.24) is 0 Å². The zero-order chi connectivity index (χ0) is 12.7. The molecule has 5 heteroatoms. The Bertz CT molecular complexity index is 396. The third kappa shape index (κ3) is 4.12. The quantitative estimate of drug-likeness (QED) is 0.436. The number of hydrogen-bond donors (Lipinski definition) is 4. The van der Waals surface area contributed by atoms with Gasteiger partial charge in [0.05, 0.1) is 0 Å². The van der Waals surface area contributed by atoms with Gasteiger partial charge in [0.15, 0.2) is 0 Å². The van der Waals surface area contributed by atoms with E-state index in [9.17, 15) is 0 Å². The van der Waals surface area contributed by atoms with Gasteiger partial charge in [-0.25, -0.2) is 4.94 Å². The lowest BCUT2D eigenvalue weighted by atomic mass is 10.1. The van der Waals surface area contributed by atoms with Gasteiger partial charge in [-0.15, -0.1) is 0 Å². The van der Waals surface area contributed by atoms with Crippen molar-refractivity contribution in [3.05, 3.63) is 48.5 Å². The first-order valence-electron chi connectivity index (χ1n) is 4.94. The maximum absolute atomic E-state index is 5.61. The molecule has 0 atom stereocenters. The van der Waals surface area contributed by atoms with Crippen LogP contribution in [0, 0.1) is 0 Å². The molecule has 2 rings (SSSR count). The smallest absolute Gasteiger partial charge is 0.0314 e. The van der Waals surface area contributed by atoms with Gasteiger partial charge in [0.1, 0.15) is 0 Å². The fraction of sp³-hybridized carbons (Fsp3) is 0. The Morgan fingerprint density at radius 1 is 0.588 bits per heavy atom. The highest BCUT2D eigenvalue weighted by Crippen LogP contribution is 2.21. The molecule has 5 nitrogen and oxygen atoms in total. The van der Waals surface area contributed by atoms with E-state index in [2.05, 4.69) is 16.7 Å². The zero-order valence-corrected chi connectivity index (χ0v) is 9.34. The zero-order valence-electron chi connectivity index (χ0n) is 9.34. The Morgan fingerprint density at radius 3 is 1.06 bits per heavy atom. The second kappa shape index (κ2) is 6.49. The van der Waals surface area contributed by atoms with Crippen LogP contribution in [0.3, 0.4) is 0 Å². The summed E-state index contributed by atoms with van der Waals surface area (Å²) in [4.78, 5) is 3.25. The molecular weight excluding hydrogens is 216 g/mol. The first-order valence-corrected chi connectivity index (χ1v) is 4.94. The van der Waals surface area contributed by atoms with Crippen LogP contribution in [0.15, 0.2) is 48.5 Å². The summed E-state index contributed by atoms with van der Waals surface area (Å²) < 4.78 is 0. The molecule has 17 heavy (non-hydrogen) atoms. The second-order valence-electron chi connectivity index (χ2n) is 3.38. The summed E-state index contributed by atoms with van der Waals surface area (Å²) in [5.74, 6) is 8.25. The third-order valence-corrected chi connectivity index (χ3v) is 2.15. The Hall–Kier alpha value is -2.08. The predicted octanol–water partition coefficient (Wildman–Crippen LogP) is 1.27. The van der Waals surface area contributed by atoms with Gasteiger partial charge < -0.3 is 11.5 Å². The maximum Gasteiger partial charge on any atom is 0.0314 e. The van der Waals surface area contributed by atoms with E-state index in [1.165, 1.54) is 0 Å². The average molecular weight is 232 g/mol. The van der Waals surface area contributed by atoms with Gasteiger partial charge in [-0.05, 0) is 35.4 Å². The third-order valence-electron chi connectivity index (χ3n) is 2.15. The Labute approximate surface area is 99.9 Å². The van der Waals surface area contributed by atoms with Gasteiger partial charge in [0, 0.05) is 11.4 Å².